The van der Waals surface area contributed by atoms with E-state index in [1.807, 2.05) is 30.3 Å². The molecule has 0 fully saturated rings. The van der Waals surface area contributed by atoms with Crippen molar-refractivity contribution in [1.29, 1.82) is 0 Å². The maximum atomic E-state index is 13.6. The lowest BCUT2D eigenvalue weighted by Gasteiger charge is -2.33. The number of hydrogen-bond donors (Lipinski definition) is 1. The minimum atomic E-state index is -0.138. The predicted octanol–water partition coefficient (Wildman–Crippen LogP) is 7.69. The van der Waals surface area contributed by atoms with Crippen LogP contribution < -0.4 is 19.5 Å². The zero-order valence-corrected chi connectivity index (χ0v) is 24.5. The van der Waals surface area contributed by atoms with E-state index >= 15 is 0 Å². The topological polar surface area (TPSA) is 69.1 Å². The van der Waals surface area contributed by atoms with Crippen LogP contribution in [0.1, 0.15) is 53.6 Å². The molecule has 1 amide bonds. The smallest absolute Gasteiger partial charge is 0.259 e. The molecule has 0 saturated heterocycles. The van der Waals surface area contributed by atoms with E-state index in [1.54, 1.807) is 44.9 Å². The SMILES string of the molecule is COc1cc(OC)c(OC)cc1C=Nc1sc2c(c1C(=O)Nc1ccc(Br)cc1)CC[C@@H](C(C)(C)C)C2. The summed E-state index contributed by atoms with van der Waals surface area (Å²) in [6.45, 7) is 6.87. The monoisotopic (exact) mass is 584 g/mol. The van der Waals surface area contributed by atoms with E-state index < -0.39 is 0 Å². The quantitative estimate of drug-likeness (QED) is 0.289. The summed E-state index contributed by atoms with van der Waals surface area (Å²) in [5.41, 5.74) is 3.46. The average Bonchev–Trinajstić information content (AvgIpc) is 3.25. The number of benzene rings is 2. The van der Waals surface area contributed by atoms with E-state index in [0.29, 0.717) is 33.7 Å². The van der Waals surface area contributed by atoms with Crippen LogP contribution in [0.5, 0.6) is 17.2 Å². The lowest BCUT2D eigenvalue weighted by molar-refractivity contribution is 0.102. The lowest BCUT2D eigenvalue weighted by atomic mass is 9.72. The second-order valence-corrected chi connectivity index (χ2v) is 12.2. The van der Waals surface area contributed by atoms with Gasteiger partial charge in [0.25, 0.3) is 5.91 Å². The van der Waals surface area contributed by atoms with Gasteiger partial charge in [-0.3, -0.25) is 4.79 Å². The molecule has 6 nitrogen and oxygen atoms in total. The fourth-order valence-corrected chi connectivity index (χ4v) is 6.18. The minimum absolute atomic E-state index is 0.138. The number of nitrogens with one attached hydrogen (secondary N) is 1. The summed E-state index contributed by atoms with van der Waals surface area (Å²) in [4.78, 5) is 19.7. The number of rotatable bonds is 7. The Labute approximate surface area is 231 Å². The minimum Gasteiger partial charge on any atom is -0.496 e. The van der Waals surface area contributed by atoms with Crippen molar-refractivity contribution in [2.24, 2.45) is 16.3 Å². The number of hydrogen-bond acceptors (Lipinski definition) is 6. The molecule has 4 rings (SSSR count). The van der Waals surface area contributed by atoms with E-state index in [-0.39, 0.29) is 11.3 Å². The Balaban J connectivity index is 1.75. The van der Waals surface area contributed by atoms with Gasteiger partial charge < -0.3 is 19.5 Å². The average molecular weight is 586 g/mol. The highest BCUT2D eigenvalue weighted by Crippen LogP contribution is 2.45. The zero-order chi connectivity index (χ0) is 26.7. The van der Waals surface area contributed by atoms with Crippen LogP contribution in [-0.2, 0) is 12.8 Å². The van der Waals surface area contributed by atoms with Crippen LogP contribution in [0.2, 0.25) is 0 Å². The first-order chi connectivity index (χ1) is 17.6. The summed E-state index contributed by atoms with van der Waals surface area (Å²) >= 11 is 5.06. The first kappa shape index (κ1) is 27.2. The van der Waals surface area contributed by atoms with E-state index in [9.17, 15) is 4.79 Å². The number of nitrogens with zero attached hydrogens (tertiary/aromatic N) is 1. The van der Waals surface area contributed by atoms with E-state index in [2.05, 4.69) is 42.0 Å². The molecule has 0 saturated carbocycles. The largest absolute Gasteiger partial charge is 0.496 e. The number of carbonyl (C=O) groups is 1. The van der Waals surface area contributed by atoms with Crippen molar-refractivity contribution in [2.75, 3.05) is 26.6 Å². The van der Waals surface area contributed by atoms with Gasteiger partial charge in [-0.1, -0.05) is 36.7 Å². The van der Waals surface area contributed by atoms with E-state index in [1.165, 1.54) is 4.88 Å². The Morgan fingerprint density at radius 2 is 1.70 bits per heavy atom. The molecule has 0 aliphatic heterocycles. The number of carbonyl (C=O) groups excluding carboxylic acids is 1. The first-order valence-electron chi connectivity index (χ1n) is 12.2. The Morgan fingerprint density at radius 3 is 2.32 bits per heavy atom. The number of thiophene rings is 1. The number of methoxy groups -OCH3 is 3. The molecule has 1 aliphatic carbocycles. The van der Waals surface area contributed by atoms with Crippen LogP contribution in [-0.4, -0.2) is 33.5 Å². The molecule has 0 unspecified atom stereocenters. The Hall–Kier alpha value is -2.84. The van der Waals surface area contributed by atoms with Gasteiger partial charge in [-0.25, -0.2) is 4.99 Å². The number of amides is 1. The molecule has 8 heteroatoms. The lowest BCUT2D eigenvalue weighted by Crippen LogP contribution is -2.27. The van der Waals surface area contributed by atoms with Crippen molar-refractivity contribution < 1.29 is 19.0 Å². The second-order valence-electron chi connectivity index (χ2n) is 10.2. The first-order valence-corrected chi connectivity index (χ1v) is 13.8. The van der Waals surface area contributed by atoms with Gasteiger partial charge in [-0.05, 0) is 66.5 Å². The van der Waals surface area contributed by atoms with Gasteiger partial charge in [0.1, 0.15) is 10.8 Å². The van der Waals surface area contributed by atoms with Gasteiger partial charge in [-0.2, -0.15) is 0 Å². The standard InChI is InChI=1S/C29H33BrN2O4S/c1-29(2,3)18-7-12-21-25(14-18)37-28(26(21)27(33)32-20-10-8-19(30)9-11-20)31-16-17-13-23(35-5)24(36-6)15-22(17)34-4/h8-11,13,15-16,18H,7,12,14H2,1-6H3,(H,32,33)/t18-/m1/s1. The summed E-state index contributed by atoms with van der Waals surface area (Å²) in [6, 6.07) is 11.2. The highest BCUT2D eigenvalue weighted by molar-refractivity contribution is 9.10. The Morgan fingerprint density at radius 1 is 1.05 bits per heavy atom. The fraction of sp³-hybridized carbons (Fsp3) is 0.379. The van der Waals surface area contributed by atoms with Gasteiger partial charge in [0.15, 0.2) is 11.5 Å². The molecule has 1 atom stereocenters. The van der Waals surface area contributed by atoms with Crippen molar-refractivity contribution >= 4 is 50.1 Å². The Kier molecular flexibility index (Phi) is 8.29. The molecule has 1 N–H and O–H groups in total. The molecule has 1 heterocycles. The highest BCUT2D eigenvalue weighted by Gasteiger charge is 2.33. The molecule has 1 aromatic heterocycles. The van der Waals surface area contributed by atoms with Crippen molar-refractivity contribution in [3.63, 3.8) is 0 Å². The summed E-state index contributed by atoms with van der Waals surface area (Å²) in [5.74, 6) is 2.18. The Bertz CT molecular complexity index is 1310. The number of anilines is 1. The van der Waals surface area contributed by atoms with Gasteiger partial charge >= 0.3 is 0 Å². The summed E-state index contributed by atoms with van der Waals surface area (Å²) < 4.78 is 17.4. The van der Waals surface area contributed by atoms with Gasteiger partial charge in [0.2, 0.25) is 0 Å². The normalized spacial score (nSPS) is 15.4. The zero-order valence-electron chi connectivity index (χ0n) is 22.1. The van der Waals surface area contributed by atoms with Gasteiger partial charge in [0, 0.05) is 32.9 Å². The van der Waals surface area contributed by atoms with Crippen LogP contribution in [0.3, 0.4) is 0 Å². The van der Waals surface area contributed by atoms with Crippen LogP contribution in [0.25, 0.3) is 0 Å². The van der Waals surface area contributed by atoms with Gasteiger partial charge in [-0.15, -0.1) is 11.3 Å². The van der Waals surface area contributed by atoms with E-state index in [4.69, 9.17) is 19.2 Å². The molecule has 0 bridgehead atoms. The molecule has 1 aliphatic rings. The third-order valence-corrected chi connectivity index (χ3v) is 8.55. The maximum Gasteiger partial charge on any atom is 0.259 e. The molecule has 0 spiro atoms. The molecule has 196 valence electrons. The summed E-state index contributed by atoms with van der Waals surface area (Å²) in [6.07, 6.45) is 4.61. The van der Waals surface area contributed by atoms with Crippen molar-refractivity contribution in [3.05, 3.63) is 62.4 Å². The van der Waals surface area contributed by atoms with Crippen molar-refractivity contribution in [2.45, 2.75) is 40.0 Å². The van der Waals surface area contributed by atoms with Crippen LogP contribution in [0.4, 0.5) is 10.7 Å². The number of aliphatic imine (C=N–C) groups is 1. The predicted molar refractivity (Wildman–Crippen MR) is 155 cm³/mol. The molecule has 37 heavy (non-hydrogen) atoms. The summed E-state index contributed by atoms with van der Waals surface area (Å²) in [5, 5.41) is 3.77. The van der Waals surface area contributed by atoms with Crippen LogP contribution in [0.15, 0.2) is 45.9 Å². The van der Waals surface area contributed by atoms with Crippen LogP contribution in [0, 0.1) is 11.3 Å². The van der Waals surface area contributed by atoms with Crippen LogP contribution >= 0.6 is 27.3 Å². The highest BCUT2D eigenvalue weighted by atomic mass is 79.9. The third-order valence-electron chi connectivity index (χ3n) is 6.86. The van der Waals surface area contributed by atoms with E-state index in [0.717, 1.165) is 40.5 Å². The molecule has 2 aromatic carbocycles. The molecular formula is C29H33BrN2O4S. The second kappa shape index (κ2) is 11.3. The molecule has 3 aromatic rings. The fourth-order valence-electron chi connectivity index (χ4n) is 4.64. The van der Waals surface area contributed by atoms with Crippen molar-refractivity contribution in [3.8, 4) is 17.2 Å². The third kappa shape index (κ3) is 6.02. The maximum absolute atomic E-state index is 13.6. The number of ether oxygens (including phenoxy) is 3. The molecular weight excluding hydrogens is 552 g/mol. The summed E-state index contributed by atoms with van der Waals surface area (Å²) in [7, 11) is 4.78. The molecule has 0 radical (unpaired) electrons. The van der Waals surface area contributed by atoms with Crippen molar-refractivity contribution in [1.82, 2.24) is 0 Å². The number of fused-ring (bicyclic) bond motifs is 1. The van der Waals surface area contributed by atoms with Gasteiger partial charge in [0.05, 0.1) is 26.9 Å². The number of halogens is 1.